The maximum Gasteiger partial charge on any atom is 0.112 e. The number of rotatable bonds is 2. The third-order valence-electron chi connectivity index (χ3n) is 2.54. The number of hydrogen-bond acceptors (Lipinski definition) is 3. The molecule has 0 unspecified atom stereocenters. The molecule has 0 amide bonds. The van der Waals surface area contributed by atoms with Gasteiger partial charge in [-0.1, -0.05) is 26.8 Å². The van der Waals surface area contributed by atoms with E-state index in [1.165, 1.54) is 0 Å². The Hall–Kier alpha value is -1.39. The first kappa shape index (κ1) is 11.1. The molecule has 4 nitrogen and oxygen atoms in total. The molecule has 1 aromatic heterocycles. The number of nitrogens with one attached hydrogen (secondary N) is 2. The first-order valence-corrected chi connectivity index (χ1v) is 5.37. The molecule has 16 heavy (non-hydrogen) atoms. The summed E-state index contributed by atoms with van der Waals surface area (Å²) >= 11 is 0. The predicted molar refractivity (Wildman–Crippen MR) is 63.4 cm³/mol. The minimum absolute atomic E-state index is 0.0222. The van der Waals surface area contributed by atoms with Crippen molar-refractivity contribution in [2.45, 2.75) is 32.7 Å². The molecule has 0 radical (unpaired) electrons. The monoisotopic (exact) mass is 219 g/mol. The van der Waals surface area contributed by atoms with Crippen LogP contribution in [0.1, 0.15) is 32.2 Å². The molecule has 0 aliphatic heterocycles. The maximum absolute atomic E-state index is 8.65. The minimum atomic E-state index is 0.0222. The van der Waals surface area contributed by atoms with Crippen LogP contribution in [0.2, 0.25) is 0 Å². The smallest absolute Gasteiger partial charge is 0.112 e. The first-order valence-electron chi connectivity index (χ1n) is 5.37. The molecule has 1 heterocycles. The molecule has 1 aromatic carbocycles. The van der Waals surface area contributed by atoms with Gasteiger partial charge in [0.05, 0.1) is 11.0 Å². The summed E-state index contributed by atoms with van der Waals surface area (Å²) in [6, 6.07) is 5.92. The van der Waals surface area contributed by atoms with Gasteiger partial charge in [-0.3, -0.25) is 0 Å². The molecule has 0 saturated heterocycles. The quantitative estimate of drug-likeness (QED) is 0.679. The van der Waals surface area contributed by atoms with E-state index in [0.717, 1.165) is 22.4 Å². The largest absolute Gasteiger partial charge is 0.342 e. The Kier molecular flexibility index (Phi) is 2.69. The van der Waals surface area contributed by atoms with E-state index < -0.39 is 0 Å². The maximum atomic E-state index is 8.65. The van der Waals surface area contributed by atoms with Gasteiger partial charge < -0.3 is 10.2 Å². The number of hydrogen-bond donors (Lipinski definition) is 3. The molecule has 0 fully saturated rings. The van der Waals surface area contributed by atoms with Crippen molar-refractivity contribution in [3.63, 3.8) is 0 Å². The minimum Gasteiger partial charge on any atom is -0.342 e. The summed E-state index contributed by atoms with van der Waals surface area (Å²) < 4.78 is 0. The highest BCUT2D eigenvalue weighted by Crippen LogP contribution is 2.22. The molecule has 3 N–H and O–H groups in total. The van der Waals surface area contributed by atoms with Crippen molar-refractivity contribution in [2.24, 2.45) is 0 Å². The highest BCUT2D eigenvalue weighted by atomic mass is 16.5. The van der Waals surface area contributed by atoms with Crippen LogP contribution < -0.4 is 5.48 Å². The van der Waals surface area contributed by atoms with Crippen LogP contribution in [0, 0.1) is 0 Å². The van der Waals surface area contributed by atoms with E-state index in [1.54, 1.807) is 0 Å². The Morgan fingerprint density at radius 2 is 2.12 bits per heavy atom. The van der Waals surface area contributed by atoms with Crippen LogP contribution >= 0.6 is 0 Å². The third-order valence-corrected chi connectivity index (χ3v) is 2.54. The average molecular weight is 219 g/mol. The van der Waals surface area contributed by atoms with Gasteiger partial charge in [-0.2, -0.15) is 0 Å². The standard InChI is InChI=1S/C12H17N3O/c1-12(2,3)11-14-9-5-4-8(7-13-16)6-10(9)15-11/h4-6,13,16H,7H2,1-3H3,(H,14,15). The van der Waals surface area contributed by atoms with Crippen LogP contribution in [0.3, 0.4) is 0 Å². The second-order valence-corrected chi connectivity index (χ2v) is 5.02. The Morgan fingerprint density at radius 3 is 2.75 bits per heavy atom. The van der Waals surface area contributed by atoms with E-state index in [2.05, 4.69) is 36.2 Å². The van der Waals surface area contributed by atoms with Crippen molar-refractivity contribution >= 4 is 11.0 Å². The summed E-state index contributed by atoms with van der Waals surface area (Å²) in [6.07, 6.45) is 0. The van der Waals surface area contributed by atoms with Crippen LogP contribution in [0.25, 0.3) is 11.0 Å². The number of benzene rings is 1. The molecule has 0 bridgehead atoms. The number of imidazole rings is 1. The van der Waals surface area contributed by atoms with Crippen LogP contribution in [0.5, 0.6) is 0 Å². The summed E-state index contributed by atoms with van der Waals surface area (Å²) in [5.74, 6) is 0.983. The van der Waals surface area contributed by atoms with Gasteiger partial charge in [-0.25, -0.2) is 10.5 Å². The fourth-order valence-corrected chi connectivity index (χ4v) is 1.61. The molecule has 0 spiro atoms. The normalized spacial score (nSPS) is 12.2. The molecule has 86 valence electrons. The van der Waals surface area contributed by atoms with Gasteiger partial charge in [0.25, 0.3) is 0 Å². The summed E-state index contributed by atoms with van der Waals surface area (Å²) in [4.78, 5) is 7.86. The second kappa shape index (κ2) is 3.88. The summed E-state index contributed by atoms with van der Waals surface area (Å²) in [7, 11) is 0. The lowest BCUT2D eigenvalue weighted by Gasteiger charge is -2.13. The van der Waals surface area contributed by atoms with Crippen molar-refractivity contribution in [3.8, 4) is 0 Å². The van der Waals surface area contributed by atoms with E-state index in [-0.39, 0.29) is 5.41 Å². The Balaban J connectivity index is 2.46. The fourth-order valence-electron chi connectivity index (χ4n) is 1.61. The zero-order valence-corrected chi connectivity index (χ0v) is 9.83. The number of fused-ring (bicyclic) bond motifs is 1. The van der Waals surface area contributed by atoms with Gasteiger partial charge in [-0.15, -0.1) is 0 Å². The molecule has 0 atom stereocenters. The van der Waals surface area contributed by atoms with Gasteiger partial charge in [-0.05, 0) is 17.7 Å². The third kappa shape index (κ3) is 2.08. The molecule has 4 heteroatoms. The molecule has 0 aliphatic carbocycles. The van der Waals surface area contributed by atoms with Crippen molar-refractivity contribution in [3.05, 3.63) is 29.6 Å². The second-order valence-electron chi connectivity index (χ2n) is 5.02. The molecule has 0 saturated carbocycles. The van der Waals surface area contributed by atoms with Gasteiger partial charge in [0, 0.05) is 12.0 Å². The van der Waals surface area contributed by atoms with Crippen molar-refractivity contribution < 1.29 is 5.21 Å². The Bertz CT molecular complexity index is 496. The van der Waals surface area contributed by atoms with Gasteiger partial charge in [0.15, 0.2) is 0 Å². The van der Waals surface area contributed by atoms with Crippen LogP contribution in [0.4, 0.5) is 0 Å². The molecule has 0 aliphatic rings. The van der Waals surface area contributed by atoms with E-state index in [1.807, 2.05) is 18.2 Å². The number of hydroxylamine groups is 1. The SMILES string of the molecule is CC(C)(C)c1nc2ccc(CNO)cc2[nH]1. The predicted octanol–water partition coefficient (Wildman–Crippen LogP) is 2.34. The average Bonchev–Trinajstić information content (AvgIpc) is 2.60. The summed E-state index contributed by atoms with van der Waals surface area (Å²) in [6.45, 7) is 6.82. The summed E-state index contributed by atoms with van der Waals surface area (Å²) in [5.41, 5.74) is 5.18. The summed E-state index contributed by atoms with van der Waals surface area (Å²) in [5, 5.41) is 8.65. The highest BCUT2D eigenvalue weighted by molar-refractivity contribution is 5.76. The van der Waals surface area contributed by atoms with Crippen LogP contribution in [-0.4, -0.2) is 15.2 Å². The fraction of sp³-hybridized carbons (Fsp3) is 0.417. The van der Waals surface area contributed by atoms with E-state index >= 15 is 0 Å². The van der Waals surface area contributed by atoms with Crippen molar-refractivity contribution in [2.75, 3.05) is 0 Å². The van der Waals surface area contributed by atoms with E-state index in [0.29, 0.717) is 6.54 Å². The van der Waals surface area contributed by atoms with Crippen LogP contribution in [0.15, 0.2) is 18.2 Å². The number of H-pyrrole nitrogens is 1. The first-order chi connectivity index (χ1) is 7.50. The zero-order chi connectivity index (χ0) is 11.8. The zero-order valence-electron chi connectivity index (χ0n) is 9.83. The highest BCUT2D eigenvalue weighted by Gasteiger charge is 2.17. The molecule has 2 aromatic rings. The molecular weight excluding hydrogens is 202 g/mol. The molecular formula is C12H17N3O. The van der Waals surface area contributed by atoms with E-state index in [4.69, 9.17) is 5.21 Å². The van der Waals surface area contributed by atoms with E-state index in [9.17, 15) is 0 Å². The van der Waals surface area contributed by atoms with Gasteiger partial charge >= 0.3 is 0 Å². The van der Waals surface area contributed by atoms with Gasteiger partial charge in [0.1, 0.15) is 5.82 Å². The topological polar surface area (TPSA) is 60.9 Å². The van der Waals surface area contributed by atoms with Crippen LogP contribution in [-0.2, 0) is 12.0 Å². The van der Waals surface area contributed by atoms with Crippen molar-refractivity contribution in [1.82, 2.24) is 15.4 Å². The Morgan fingerprint density at radius 1 is 1.38 bits per heavy atom. The van der Waals surface area contributed by atoms with Crippen molar-refractivity contribution in [1.29, 1.82) is 0 Å². The van der Waals surface area contributed by atoms with Gasteiger partial charge in [0.2, 0.25) is 0 Å². The lowest BCUT2D eigenvalue weighted by Crippen LogP contribution is -2.12. The lowest BCUT2D eigenvalue weighted by atomic mass is 9.96. The molecule has 2 rings (SSSR count). The Labute approximate surface area is 94.7 Å². The number of aromatic nitrogens is 2. The number of nitrogens with zero attached hydrogens (tertiary/aromatic N) is 1. The lowest BCUT2D eigenvalue weighted by molar-refractivity contribution is 0.161. The number of aromatic amines is 1.